The predicted molar refractivity (Wildman–Crippen MR) is 66.3 cm³/mol. The van der Waals surface area contributed by atoms with Crippen LogP contribution in [0.2, 0.25) is 0 Å². The average molecular weight is 275 g/mol. The zero-order valence-electron chi connectivity index (χ0n) is 8.24. The summed E-state index contributed by atoms with van der Waals surface area (Å²) in [5.74, 6) is 2.67. The second kappa shape index (κ2) is 6.43. The summed E-state index contributed by atoms with van der Waals surface area (Å²) < 4.78 is 1.03. The van der Waals surface area contributed by atoms with E-state index in [0.29, 0.717) is 5.92 Å². The summed E-state index contributed by atoms with van der Waals surface area (Å²) in [7, 11) is 0. The van der Waals surface area contributed by atoms with E-state index in [1.54, 1.807) is 0 Å². The molecule has 0 aliphatic heterocycles. The molecule has 0 aliphatic rings. The molecule has 78 valence electrons. The fourth-order valence-corrected chi connectivity index (χ4v) is 2.20. The van der Waals surface area contributed by atoms with Gasteiger partial charge in [-0.05, 0) is 46.3 Å². The van der Waals surface area contributed by atoms with E-state index >= 15 is 0 Å². The van der Waals surface area contributed by atoms with Gasteiger partial charge in [0.2, 0.25) is 0 Å². The summed E-state index contributed by atoms with van der Waals surface area (Å²) >= 11 is 5.25. The maximum atomic E-state index is 5.54. The highest BCUT2D eigenvalue weighted by molar-refractivity contribution is 9.10. The number of nitrogens with two attached hydrogens (primary N) is 1. The van der Waals surface area contributed by atoms with Gasteiger partial charge >= 0.3 is 0 Å². The highest BCUT2D eigenvalue weighted by atomic mass is 79.9. The number of nitrogens with zero attached hydrogens (tertiary/aromatic N) is 1. The molecule has 1 heterocycles. The first-order valence-corrected chi connectivity index (χ1v) is 6.55. The molecule has 0 bridgehead atoms. The molecule has 1 unspecified atom stereocenters. The highest BCUT2D eigenvalue weighted by Crippen LogP contribution is 2.15. The van der Waals surface area contributed by atoms with E-state index in [2.05, 4.69) is 27.8 Å². The lowest BCUT2D eigenvalue weighted by atomic mass is 10.2. The van der Waals surface area contributed by atoms with Crippen LogP contribution in [0.1, 0.15) is 12.6 Å². The standard InChI is InChI=1S/C10H15BrN2S/c1-8(4-12)6-14-7-10-3-2-9(11)5-13-10/h2-3,5,8H,4,6-7,12H2,1H3. The van der Waals surface area contributed by atoms with Gasteiger partial charge in [0.05, 0.1) is 5.69 Å². The zero-order valence-corrected chi connectivity index (χ0v) is 10.6. The molecule has 1 aromatic heterocycles. The van der Waals surface area contributed by atoms with Gasteiger partial charge in [-0.2, -0.15) is 11.8 Å². The van der Waals surface area contributed by atoms with Gasteiger partial charge in [0.15, 0.2) is 0 Å². The molecule has 2 nitrogen and oxygen atoms in total. The molecular formula is C10H15BrN2S. The minimum atomic E-state index is 0.593. The van der Waals surface area contributed by atoms with Crippen LogP contribution in [0.3, 0.4) is 0 Å². The Morgan fingerprint density at radius 1 is 1.57 bits per heavy atom. The van der Waals surface area contributed by atoms with Crippen molar-refractivity contribution >= 4 is 27.7 Å². The molecule has 0 amide bonds. The Morgan fingerprint density at radius 3 is 2.93 bits per heavy atom. The van der Waals surface area contributed by atoms with Crippen LogP contribution in [-0.2, 0) is 5.75 Å². The van der Waals surface area contributed by atoms with Gasteiger partial charge in [0.25, 0.3) is 0 Å². The van der Waals surface area contributed by atoms with Crippen molar-refractivity contribution in [2.45, 2.75) is 12.7 Å². The van der Waals surface area contributed by atoms with Gasteiger partial charge in [-0.15, -0.1) is 0 Å². The van der Waals surface area contributed by atoms with Gasteiger partial charge in [-0.3, -0.25) is 4.98 Å². The highest BCUT2D eigenvalue weighted by Gasteiger charge is 2.00. The van der Waals surface area contributed by atoms with Crippen molar-refractivity contribution in [1.29, 1.82) is 0 Å². The molecule has 1 aromatic rings. The summed E-state index contributed by atoms with van der Waals surface area (Å²) in [5, 5.41) is 0. The van der Waals surface area contributed by atoms with Crippen molar-refractivity contribution in [2.24, 2.45) is 11.7 Å². The summed E-state index contributed by atoms with van der Waals surface area (Å²) in [6.45, 7) is 2.93. The first-order valence-electron chi connectivity index (χ1n) is 4.60. The number of thioether (sulfide) groups is 1. The summed E-state index contributed by atoms with van der Waals surface area (Å²) in [6.07, 6.45) is 1.84. The molecule has 1 rings (SSSR count). The van der Waals surface area contributed by atoms with Crippen LogP contribution in [0.15, 0.2) is 22.8 Å². The predicted octanol–water partition coefficient (Wildman–Crippen LogP) is 2.67. The minimum absolute atomic E-state index is 0.593. The van der Waals surface area contributed by atoms with Gasteiger partial charge in [0.1, 0.15) is 0 Å². The summed E-state index contributed by atoms with van der Waals surface area (Å²) in [6, 6.07) is 4.07. The minimum Gasteiger partial charge on any atom is -0.330 e. The molecule has 0 radical (unpaired) electrons. The van der Waals surface area contributed by atoms with E-state index in [4.69, 9.17) is 5.73 Å². The number of hydrogen-bond acceptors (Lipinski definition) is 3. The zero-order chi connectivity index (χ0) is 10.4. The third-order valence-electron chi connectivity index (χ3n) is 1.84. The second-order valence-electron chi connectivity index (χ2n) is 3.32. The molecular weight excluding hydrogens is 260 g/mol. The van der Waals surface area contributed by atoms with E-state index in [0.717, 1.165) is 28.2 Å². The van der Waals surface area contributed by atoms with Gasteiger partial charge in [0, 0.05) is 16.4 Å². The van der Waals surface area contributed by atoms with Crippen molar-refractivity contribution in [3.8, 4) is 0 Å². The van der Waals surface area contributed by atoms with E-state index in [-0.39, 0.29) is 0 Å². The quantitative estimate of drug-likeness (QED) is 0.898. The molecule has 14 heavy (non-hydrogen) atoms. The summed E-state index contributed by atoms with van der Waals surface area (Å²) in [5.41, 5.74) is 6.66. The Labute approximate surface area is 97.8 Å². The summed E-state index contributed by atoms with van der Waals surface area (Å²) in [4.78, 5) is 4.30. The van der Waals surface area contributed by atoms with Crippen LogP contribution < -0.4 is 5.73 Å². The lowest BCUT2D eigenvalue weighted by molar-refractivity contribution is 0.675. The van der Waals surface area contributed by atoms with Crippen LogP contribution in [-0.4, -0.2) is 17.3 Å². The van der Waals surface area contributed by atoms with Crippen molar-refractivity contribution in [2.75, 3.05) is 12.3 Å². The lowest BCUT2D eigenvalue weighted by Crippen LogP contribution is -2.12. The Hall–Kier alpha value is -0.0600. The Bertz CT molecular complexity index is 263. The van der Waals surface area contributed by atoms with Crippen molar-refractivity contribution in [3.63, 3.8) is 0 Å². The fraction of sp³-hybridized carbons (Fsp3) is 0.500. The Balaban J connectivity index is 2.28. The van der Waals surface area contributed by atoms with E-state index in [1.165, 1.54) is 0 Å². The molecule has 0 aliphatic carbocycles. The third-order valence-corrected chi connectivity index (χ3v) is 3.62. The van der Waals surface area contributed by atoms with Crippen molar-refractivity contribution < 1.29 is 0 Å². The molecule has 0 saturated carbocycles. The topological polar surface area (TPSA) is 38.9 Å². The first kappa shape index (κ1) is 12.0. The van der Waals surface area contributed by atoms with Crippen molar-refractivity contribution in [1.82, 2.24) is 4.98 Å². The largest absolute Gasteiger partial charge is 0.330 e. The van der Waals surface area contributed by atoms with Crippen LogP contribution in [0.4, 0.5) is 0 Å². The Kier molecular flexibility index (Phi) is 5.52. The molecule has 0 aromatic carbocycles. The maximum absolute atomic E-state index is 5.54. The van der Waals surface area contributed by atoms with E-state index < -0.39 is 0 Å². The maximum Gasteiger partial charge on any atom is 0.0503 e. The van der Waals surface area contributed by atoms with Gasteiger partial charge < -0.3 is 5.73 Å². The average Bonchev–Trinajstić information content (AvgIpc) is 2.21. The first-order chi connectivity index (χ1) is 6.72. The second-order valence-corrected chi connectivity index (χ2v) is 5.27. The molecule has 2 N–H and O–H groups in total. The molecule has 1 atom stereocenters. The lowest BCUT2D eigenvalue weighted by Gasteiger charge is -2.06. The molecule has 4 heteroatoms. The van der Waals surface area contributed by atoms with Crippen LogP contribution in [0.25, 0.3) is 0 Å². The number of pyridine rings is 1. The SMILES string of the molecule is CC(CN)CSCc1ccc(Br)cn1. The fourth-order valence-electron chi connectivity index (χ4n) is 0.925. The monoisotopic (exact) mass is 274 g/mol. The van der Waals surface area contributed by atoms with Crippen molar-refractivity contribution in [3.05, 3.63) is 28.5 Å². The van der Waals surface area contributed by atoms with Gasteiger partial charge in [-0.1, -0.05) is 6.92 Å². The molecule has 0 fully saturated rings. The number of hydrogen-bond donors (Lipinski definition) is 1. The third kappa shape index (κ3) is 4.44. The normalized spacial score (nSPS) is 12.8. The number of aromatic nitrogens is 1. The van der Waals surface area contributed by atoms with E-state index in [1.807, 2.05) is 30.1 Å². The van der Waals surface area contributed by atoms with Crippen LogP contribution in [0.5, 0.6) is 0 Å². The van der Waals surface area contributed by atoms with E-state index in [9.17, 15) is 0 Å². The smallest absolute Gasteiger partial charge is 0.0503 e. The number of rotatable bonds is 5. The van der Waals surface area contributed by atoms with Crippen LogP contribution in [0, 0.1) is 5.92 Å². The Morgan fingerprint density at radius 2 is 2.36 bits per heavy atom. The van der Waals surface area contributed by atoms with Gasteiger partial charge in [-0.25, -0.2) is 0 Å². The molecule has 0 saturated heterocycles. The number of halogens is 1. The van der Waals surface area contributed by atoms with Crippen LogP contribution >= 0.6 is 27.7 Å². The molecule has 0 spiro atoms.